The molecule has 0 radical (unpaired) electrons. The summed E-state index contributed by atoms with van der Waals surface area (Å²) in [5.41, 5.74) is 1.44. The molecule has 0 aliphatic heterocycles. The number of hydrogen-bond acceptors (Lipinski definition) is 2. The summed E-state index contributed by atoms with van der Waals surface area (Å²) in [7, 11) is 2.08. The van der Waals surface area contributed by atoms with Gasteiger partial charge < -0.3 is 5.32 Å². The van der Waals surface area contributed by atoms with Gasteiger partial charge in [-0.25, -0.2) is 0 Å². The maximum atomic E-state index is 3.64. The van der Waals surface area contributed by atoms with Crippen molar-refractivity contribution < 1.29 is 0 Å². The minimum atomic E-state index is 0.531. The Labute approximate surface area is 111 Å². The monoisotopic (exact) mass is 301 g/mol. The highest BCUT2D eigenvalue weighted by atomic mass is 79.9. The lowest BCUT2D eigenvalue weighted by Gasteiger charge is -2.26. The highest BCUT2D eigenvalue weighted by molar-refractivity contribution is 9.10. The molecule has 1 atom stereocenters. The fourth-order valence-electron chi connectivity index (χ4n) is 2.70. The van der Waals surface area contributed by atoms with E-state index in [0.29, 0.717) is 6.04 Å². The molecule has 1 aliphatic carbocycles. The van der Waals surface area contributed by atoms with Crippen LogP contribution in [0.1, 0.15) is 50.1 Å². The summed E-state index contributed by atoms with van der Waals surface area (Å²) >= 11 is 5.43. The standard InChI is InChI=1S/C13H20BrNS/c1-15-13(11-8-16-9-12(11)14)7-10-5-3-2-4-6-10/h8-10,13,15H,2-7H2,1H3. The van der Waals surface area contributed by atoms with Gasteiger partial charge in [0.1, 0.15) is 0 Å². The van der Waals surface area contributed by atoms with Gasteiger partial charge in [-0.05, 0) is 46.3 Å². The van der Waals surface area contributed by atoms with Gasteiger partial charge in [-0.3, -0.25) is 0 Å². The van der Waals surface area contributed by atoms with Gasteiger partial charge in [0.2, 0.25) is 0 Å². The second-order valence-corrected chi connectivity index (χ2v) is 6.35. The van der Waals surface area contributed by atoms with E-state index in [1.54, 1.807) is 11.3 Å². The summed E-state index contributed by atoms with van der Waals surface area (Å²) in [4.78, 5) is 0. The van der Waals surface area contributed by atoms with Gasteiger partial charge in [-0.2, -0.15) is 11.3 Å². The third-order valence-electron chi connectivity index (χ3n) is 3.66. The van der Waals surface area contributed by atoms with E-state index in [1.807, 2.05) is 0 Å². The Bertz CT molecular complexity index is 317. The normalized spacial score (nSPS) is 19.9. The van der Waals surface area contributed by atoms with Crippen molar-refractivity contribution in [3.8, 4) is 0 Å². The number of hydrogen-bond donors (Lipinski definition) is 1. The average Bonchev–Trinajstić information content (AvgIpc) is 2.74. The number of halogens is 1. The average molecular weight is 302 g/mol. The number of nitrogens with one attached hydrogen (secondary N) is 1. The molecule has 2 rings (SSSR count). The Balaban J connectivity index is 1.97. The molecule has 1 fully saturated rings. The van der Waals surface area contributed by atoms with Gasteiger partial charge in [0, 0.05) is 15.9 Å². The maximum Gasteiger partial charge on any atom is 0.0339 e. The molecule has 0 amide bonds. The lowest BCUT2D eigenvalue weighted by molar-refractivity contribution is 0.305. The lowest BCUT2D eigenvalue weighted by Crippen LogP contribution is -2.21. The molecule has 1 aliphatic rings. The first-order chi connectivity index (χ1) is 7.81. The van der Waals surface area contributed by atoms with Gasteiger partial charge in [0.05, 0.1) is 0 Å². The molecular weight excluding hydrogens is 282 g/mol. The van der Waals surface area contributed by atoms with Crippen LogP contribution >= 0.6 is 27.3 Å². The van der Waals surface area contributed by atoms with Crippen molar-refractivity contribution in [2.45, 2.75) is 44.6 Å². The Morgan fingerprint density at radius 1 is 1.38 bits per heavy atom. The second kappa shape index (κ2) is 6.18. The van der Waals surface area contributed by atoms with E-state index in [2.05, 4.69) is 39.1 Å². The van der Waals surface area contributed by atoms with Crippen LogP contribution in [0.2, 0.25) is 0 Å². The van der Waals surface area contributed by atoms with Crippen molar-refractivity contribution in [2.75, 3.05) is 7.05 Å². The molecule has 3 heteroatoms. The van der Waals surface area contributed by atoms with E-state index in [-0.39, 0.29) is 0 Å². The van der Waals surface area contributed by atoms with Crippen LogP contribution in [-0.4, -0.2) is 7.05 Å². The molecule has 1 N–H and O–H groups in total. The minimum absolute atomic E-state index is 0.531. The van der Waals surface area contributed by atoms with E-state index in [0.717, 1.165) is 5.92 Å². The minimum Gasteiger partial charge on any atom is -0.313 e. The zero-order valence-electron chi connectivity index (χ0n) is 9.84. The highest BCUT2D eigenvalue weighted by Crippen LogP contribution is 2.35. The molecule has 0 spiro atoms. The first-order valence-corrected chi connectivity index (χ1v) is 7.93. The molecule has 0 saturated heterocycles. The van der Waals surface area contributed by atoms with Crippen LogP contribution in [0.15, 0.2) is 15.2 Å². The summed E-state index contributed by atoms with van der Waals surface area (Å²) in [5, 5.41) is 7.92. The van der Waals surface area contributed by atoms with E-state index >= 15 is 0 Å². The third-order valence-corrected chi connectivity index (χ3v) is 5.41. The van der Waals surface area contributed by atoms with E-state index in [4.69, 9.17) is 0 Å². The molecule has 1 aromatic heterocycles. The van der Waals surface area contributed by atoms with Crippen molar-refractivity contribution in [2.24, 2.45) is 5.92 Å². The first-order valence-electron chi connectivity index (χ1n) is 6.20. The summed E-state index contributed by atoms with van der Waals surface area (Å²) in [6.07, 6.45) is 8.48. The van der Waals surface area contributed by atoms with Crippen molar-refractivity contribution >= 4 is 27.3 Å². The molecule has 0 aromatic carbocycles. The quantitative estimate of drug-likeness (QED) is 0.847. The van der Waals surface area contributed by atoms with E-state index in [9.17, 15) is 0 Å². The Morgan fingerprint density at radius 3 is 2.69 bits per heavy atom. The molecule has 1 aromatic rings. The Kier molecular flexibility index (Phi) is 4.86. The molecule has 1 nitrogen and oxygen atoms in total. The molecule has 90 valence electrons. The summed E-state index contributed by atoms with van der Waals surface area (Å²) in [6.45, 7) is 0. The third kappa shape index (κ3) is 3.08. The van der Waals surface area contributed by atoms with E-state index in [1.165, 1.54) is 48.6 Å². The van der Waals surface area contributed by atoms with Gasteiger partial charge >= 0.3 is 0 Å². The first kappa shape index (κ1) is 12.6. The van der Waals surface area contributed by atoms with Crippen LogP contribution in [0.5, 0.6) is 0 Å². The van der Waals surface area contributed by atoms with Crippen molar-refractivity contribution in [3.63, 3.8) is 0 Å². The molecule has 1 unspecified atom stereocenters. The van der Waals surface area contributed by atoms with Crippen LogP contribution in [0.4, 0.5) is 0 Å². The summed E-state index contributed by atoms with van der Waals surface area (Å²) in [6, 6.07) is 0.531. The van der Waals surface area contributed by atoms with Crippen LogP contribution in [0, 0.1) is 5.92 Å². The molecular formula is C13H20BrNS. The lowest BCUT2D eigenvalue weighted by atomic mass is 9.84. The largest absolute Gasteiger partial charge is 0.313 e. The topological polar surface area (TPSA) is 12.0 Å². The van der Waals surface area contributed by atoms with Crippen LogP contribution in [-0.2, 0) is 0 Å². The van der Waals surface area contributed by atoms with Gasteiger partial charge in [0.15, 0.2) is 0 Å². The van der Waals surface area contributed by atoms with Gasteiger partial charge in [0.25, 0.3) is 0 Å². The molecule has 16 heavy (non-hydrogen) atoms. The SMILES string of the molecule is CNC(CC1CCCCC1)c1cscc1Br. The van der Waals surface area contributed by atoms with E-state index < -0.39 is 0 Å². The smallest absolute Gasteiger partial charge is 0.0339 e. The van der Waals surface area contributed by atoms with Crippen LogP contribution < -0.4 is 5.32 Å². The maximum absolute atomic E-state index is 3.64. The van der Waals surface area contributed by atoms with Crippen LogP contribution in [0.25, 0.3) is 0 Å². The number of rotatable bonds is 4. The molecule has 1 heterocycles. The Hall–Kier alpha value is 0.140. The predicted octanol–water partition coefficient (Wildman–Crippen LogP) is 4.74. The van der Waals surface area contributed by atoms with Gasteiger partial charge in [-0.1, -0.05) is 32.1 Å². The van der Waals surface area contributed by atoms with Crippen molar-refractivity contribution in [3.05, 3.63) is 20.8 Å². The second-order valence-electron chi connectivity index (χ2n) is 4.76. The van der Waals surface area contributed by atoms with Crippen molar-refractivity contribution in [1.82, 2.24) is 5.32 Å². The fraction of sp³-hybridized carbons (Fsp3) is 0.692. The number of thiophene rings is 1. The zero-order valence-corrected chi connectivity index (χ0v) is 12.2. The predicted molar refractivity (Wildman–Crippen MR) is 75.0 cm³/mol. The zero-order chi connectivity index (χ0) is 11.4. The molecule has 1 saturated carbocycles. The molecule has 0 bridgehead atoms. The van der Waals surface area contributed by atoms with Crippen molar-refractivity contribution in [1.29, 1.82) is 0 Å². The summed E-state index contributed by atoms with van der Waals surface area (Å²) < 4.78 is 1.27. The fourth-order valence-corrected chi connectivity index (χ4v) is 4.32. The van der Waals surface area contributed by atoms with Gasteiger partial charge in [-0.15, -0.1) is 0 Å². The highest BCUT2D eigenvalue weighted by Gasteiger charge is 2.20. The van der Waals surface area contributed by atoms with Crippen LogP contribution in [0.3, 0.4) is 0 Å². The Morgan fingerprint density at radius 2 is 2.12 bits per heavy atom. The summed E-state index contributed by atoms with van der Waals surface area (Å²) in [5.74, 6) is 0.929.